The van der Waals surface area contributed by atoms with E-state index in [1.54, 1.807) is 0 Å². The van der Waals surface area contributed by atoms with Crippen molar-refractivity contribution in [2.24, 2.45) is 5.41 Å². The van der Waals surface area contributed by atoms with Crippen LogP contribution in [0.3, 0.4) is 0 Å². The number of anilines is 1. The molecule has 1 aromatic carbocycles. The summed E-state index contributed by atoms with van der Waals surface area (Å²) in [5, 5.41) is 2.50. The summed E-state index contributed by atoms with van der Waals surface area (Å²) in [7, 11) is 0. The van der Waals surface area contributed by atoms with E-state index in [2.05, 4.69) is 37.9 Å². The second-order valence-electron chi connectivity index (χ2n) is 5.85. The van der Waals surface area contributed by atoms with Crippen molar-refractivity contribution in [3.8, 4) is 5.75 Å². The Balaban J connectivity index is 1.91. The Hall–Kier alpha value is -1.55. The van der Waals surface area contributed by atoms with Gasteiger partial charge in [-0.15, -0.1) is 11.3 Å². The molecule has 0 unspecified atom stereocenters. The summed E-state index contributed by atoms with van der Waals surface area (Å²) in [6.45, 7) is 7.19. The van der Waals surface area contributed by atoms with E-state index in [-0.39, 0.29) is 0 Å². The van der Waals surface area contributed by atoms with Crippen molar-refractivity contribution in [2.45, 2.75) is 33.8 Å². The lowest BCUT2D eigenvalue weighted by Crippen LogP contribution is -2.08. The summed E-state index contributed by atoms with van der Waals surface area (Å²) < 4.78 is 5.68. The molecule has 0 amide bonds. The van der Waals surface area contributed by atoms with Crippen LogP contribution in [0.25, 0.3) is 0 Å². The highest BCUT2D eigenvalue weighted by Gasteiger charge is 2.11. The Morgan fingerprint density at radius 2 is 1.89 bits per heavy atom. The van der Waals surface area contributed by atoms with E-state index in [1.807, 2.05) is 17.5 Å². The summed E-state index contributed by atoms with van der Waals surface area (Å²) in [6.07, 6.45) is 1.07. The molecule has 0 spiro atoms. The minimum Gasteiger partial charge on any atom is -0.487 e. The molecule has 19 heavy (non-hydrogen) atoms. The average Bonchev–Trinajstić information content (AvgIpc) is 2.72. The van der Waals surface area contributed by atoms with Crippen LogP contribution >= 0.6 is 11.3 Å². The predicted molar refractivity (Wildman–Crippen MR) is 80.5 cm³/mol. The van der Waals surface area contributed by atoms with Gasteiger partial charge in [0.2, 0.25) is 0 Å². The van der Waals surface area contributed by atoms with Gasteiger partial charge in [-0.05, 0) is 29.5 Å². The Morgan fingerprint density at radius 1 is 1.21 bits per heavy atom. The molecule has 2 rings (SSSR count). The zero-order valence-corrected chi connectivity index (χ0v) is 12.5. The predicted octanol–water partition coefficient (Wildman–Crippen LogP) is 3.89. The highest BCUT2D eigenvalue weighted by Crippen LogP contribution is 2.22. The van der Waals surface area contributed by atoms with Crippen molar-refractivity contribution in [1.82, 2.24) is 4.98 Å². The van der Waals surface area contributed by atoms with Gasteiger partial charge in [-0.1, -0.05) is 32.9 Å². The molecule has 3 nitrogen and oxygen atoms in total. The highest BCUT2D eigenvalue weighted by molar-refractivity contribution is 7.13. The Morgan fingerprint density at radius 3 is 2.42 bits per heavy atom. The lowest BCUT2D eigenvalue weighted by Gasteiger charge is -2.18. The first-order valence-electron chi connectivity index (χ1n) is 6.34. The third-order valence-electron chi connectivity index (χ3n) is 2.61. The number of thiazole rings is 1. The molecule has 0 saturated heterocycles. The van der Waals surface area contributed by atoms with Gasteiger partial charge >= 0.3 is 0 Å². The number of nitrogen functional groups attached to an aromatic ring is 1. The summed E-state index contributed by atoms with van der Waals surface area (Å²) in [4.78, 5) is 4.16. The Labute approximate surface area is 118 Å². The second-order valence-corrected chi connectivity index (χ2v) is 6.74. The van der Waals surface area contributed by atoms with Crippen molar-refractivity contribution < 1.29 is 4.74 Å². The Bertz CT molecular complexity index is 526. The van der Waals surface area contributed by atoms with Crippen LogP contribution in [0, 0.1) is 5.41 Å². The second kappa shape index (κ2) is 5.61. The molecule has 0 saturated carbocycles. The van der Waals surface area contributed by atoms with E-state index in [0.717, 1.165) is 17.9 Å². The van der Waals surface area contributed by atoms with Crippen LogP contribution in [0.2, 0.25) is 0 Å². The van der Waals surface area contributed by atoms with Gasteiger partial charge in [-0.25, -0.2) is 4.98 Å². The number of hydrogen-bond donors (Lipinski definition) is 1. The fraction of sp³-hybridized carbons (Fsp3) is 0.400. The average molecular weight is 276 g/mol. The van der Waals surface area contributed by atoms with Gasteiger partial charge in [0, 0.05) is 5.38 Å². The molecule has 4 heteroatoms. The fourth-order valence-corrected chi connectivity index (χ4v) is 2.41. The number of hydrogen-bond acceptors (Lipinski definition) is 4. The number of nitrogens with zero attached hydrogens (tertiary/aromatic N) is 1. The smallest absolute Gasteiger partial charge is 0.180 e. The maximum atomic E-state index is 5.68. The standard InChI is InChI=1S/C15H20N2OS/c1-15(2,3)8-11-4-6-13(7-5-11)18-9-12-10-19-14(16)17-12/h4-7,10H,8-9H2,1-3H3,(H2,16,17). The van der Waals surface area contributed by atoms with Crippen LogP contribution in [0.4, 0.5) is 5.13 Å². The van der Waals surface area contributed by atoms with Crippen molar-refractivity contribution in [3.63, 3.8) is 0 Å². The van der Waals surface area contributed by atoms with Crippen molar-refractivity contribution in [3.05, 3.63) is 40.9 Å². The number of ether oxygens (including phenoxy) is 1. The number of nitrogens with two attached hydrogens (primary N) is 1. The molecule has 1 heterocycles. The number of benzene rings is 1. The number of rotatable bonds is 4. The minimum atomic E-state index is 0.306. The van der Waals surface area contributed by atoms with Gasteiger partial charge in [0.25, 0.3) is 0 Å². The molecular formula is C15H20N2OS. The molecular weight excluding hydrogens is 256 g/mol. The molecule has 2 N–H and O–H groups in total. The van der Waals surface area contributed by atoms with E-state index in [4.69, 9.17) is 10.5 Å². The van der Waals surface area contributed by atoms with Gasteiger partial charge in [-0.3, -0.25) is 0 Å². The van der Waals surface area contributed by atoms with Crippen LogP contribution in [0.5, 0.6) is 5.75 Å². The zero-order chi connectivity index (χ0) is 13.9. The maximum absolute atomic E-state index is 5.68. The van der Waals surface area contributed by atoms with Gasteiger partial charge in [0.15, 0.2) is 5.13 Å². The van der Waals surface area contributed by atoms with E-state index < -0.39 is 0 Å². The minimum absolute atomic E-state index is 0.306. The van der Waals surface area contributed by atoms with Gasteiger partial charge in [-0.2, -0.15) is 0 Å². The van der Waals surface area contributed by atoms with Crippen molar-refractivity contribution >= 4 is 16.5 Å². The first-order chi connectivity index (χ1) is 8.92. The van der Waals surface area contributed by atoms with Crippen LogP contribution in [-0.2, 0) is 13.0 Å². The molecule has 0 aliphatic rings. The molecule has 102 valence electrons. The Kier molecular flexibility index (Phi) is 4.10. The lowest BCUT2D eigenvalue weighted by atomic mass is 9.88. The third-order valence-corrected chi connectivity index (χ3v) is 3.34. The molecule has 2 aromatic rings. The van der Waals surface area contributed by atoms with Crippen molar-refractivity contribution in [2.75, 3.05) is 5.73 Å². The summed E-state index contributed by atoms with van der Waals surface area (Å²) >= 11 is 1.44. The van der Waals surface area contributed by atoms with E-state index in [1.165, 1.54) is 16.9 Å². The largest absolute Gasteiger partial charge is 0.487 e. The highest BCUT2D eigenvalue weighted by atomic mass is 32.1. The number of aromatic nitrogens is 1. The van der Waals surface area contributed by atoms with Gasteiger partial charge in [0.05, 0.1) is 5.69 Å². The van der Waals surface area contributed by atoms with Gasteiger partial charge in [0.1, 0.15) is 12.4 Å². The topological polar surface area (TPSA) is 48.1 Å². The van der Waals surface area contributed by atoms with Crippen molar-refractivity contribution in [1.29, 1.82) is 0 Å². The lowest BCUT2D eigenvalue weighted by molar-refractivity contribution is 0.302. The van der Waals surface area contributed by atoms with Gasteiger partial charge < -0.3 is 10.5 Å². The SMILES string of the molecule is CC(C)(C)Cc1ccc(OCc2csc(N)n2)cc1. The molecule has 1 aromatic heterocycles. The van der Waals surface area contributed by atoms with Crippen LogP contribution in [0.15, 0.2) is 29.6 Å². The summed E-state index contributed by atoms with van der Waals surface area (Å²) in [6, 6.07) is 8.26. The summed E-state index contributed by atoms with van der Waals surface area (Å²) in [5.74, 6) is 0.865. The molecule has 0 atom stereocenters. The zero-order valence-electron chi connectivity index (χ0n) is 11.6. The first-order valence-corrected chi connectivity index (χ1v) is 7.22. The van der Waals surface area contributed by atoms with E-state index >= 15 is 0 Å². The quantitative estimate of drug-likeness (QED) is 0.921. The van der Waals surface area contributed by atoms with E-state index in [9.17, 15) is 0 Å². The molecule has 0 aliphatic heterocycles. The molecule has 0 fully saturated rings. The maximum Gasteiger partial charge on any atom is 0.180 e. The van der Waals surface area contributed by atoms with Crippen LogP contribution in [0.1, 0.15) is 32.0 Å². The molecule has 0 bridgehead atoms. The fourth-order valence-electron chi connectivity index (χ4n) is 1.86. The van der Waals surface area contributed by atoms with E-state index in [0.29, 0.717) is 17.2 Å². The monoisotopic (exact) mass is 276 g/mol. The third kappa shape index (κ3) is 4.56. The normalized spacial score (nSPS) is 11.5. The molecule has 0 aliphatic carbocycles. The summed E-state index contributed by atoms with van der Waals surface area (Å²) in [5.41, 5.74) is 8.09. The molecule has 0 radical (unpaired) electrons. The first kappa shape index (κ1) is 13.9. The van der Waals surface area contributed by atoms with Crippen LogP contribution < -0.4 is 10.5 Å². The van der Waals surface area contributed by atoms with Crippen LogP contribution in [-0.4, -0.2) is 4.98 Å².